The Morgan fingerprint density at radius 2 is 1.50 bits per heavy atom. The minimum absolute atomic E-state index is 0.117. The van der Waals surface area contributed by atoms with E-state index in [1.807, 2.05) is 30.3 Å². The van der Waals surface area contributed by atoms with Crippen LogP contribution in [0.15, 0.2) is 66.7 Å². The van der Waals surface area contributed by atoms with Crippen molar-refractivity contribution in [1.29, 1.82) is 0 Å². The van der Waals surface area contributed by atoms with Crippen LogP contribution in [0, 0.1) is 0 Å². The molecule has 0 radical (unpaired) electrons. The molecule has 0 aliphatic carbocycles. The second-order valence-electron chi connectivity index (χ2n) is 6.28. The minimum Gasteiger partial charge on any atom is -0.486 e. The zero-order valence-electron chi connectivity index (χ0n) is 14.8. The monoisotopic (exact) mass is 375 g/mol. The van der Waals surface area contributed by atoms with Gasteiger partial charge >= 0.3 is 5.97 Å². The third kappa shape index (κ3) is 3.66. The van der Waals surface area contributed by atoms with E-state index in [4.69, 9.17) is 14.6 Å². The third-order valence-electron chi connectivity index (χ3n) is 4.39. The van der Waals surface area contributed by atoms with Gasteiger partial charge in [-0.15, -0.1) is 0 Å². The Kier molecular flexibility index (Phi) is 4.68. The van der Waals surface area contributed by atoms with Crippen molar-refractivity contribution >= 4 is 17.6 Å². The first-order valence-corrected chi connectivity index (χ1v) is 8.75. The molecule has 2 N–H and O–H groups in total. The van der Waals surface area contributed by atoms with E-state index >= 15 is 0 Å². The number of ether oxygens (including phenoxy) is 2. The summed E-state index contributed by atoms with van der Waals surface area (Å²) >= 11 is 0. The molecule has 0 saturated heterocycles. The number of benzene rings is 3. The van der Waals surface area contributed by atoms with E-state index in [1.165, 1.54) is 12.1 Å². The van der Waals surface area contributed by atoms with E-state index in [1.54, 1.807) is 24.3 Å². The van der Waals surface area contributed by atoms with Crippen molar-refractivity contribution in [2.75, 3.05) is 18.5 Å². The minimum atomic E-state index is -1.04. The zero-order valence-corrected chi connectivity index (χ0v) is 14.8. The Labute approximate surface area is 161 Å². The fraction of sp³-hybridized carbons (Fsp3) is 0.0909. The van der Waals surface area contributed by atoms with E-state index in [9.17, 15) is 9.59 Å². The molecule has 140 valence electrons. The van der Waals surface area contributed by atoms with Crippen molar-refractivity contribution in [3.05, 3.63) is 77.9 Å². The van der Waals surface area contributed by atoms with Gasteiger partial charge < -0.3 is 19.9 Å². The highest BCUT2D eigenvalue weighted by Crippen LogP contribution is 2.34. The van der Waals surface area contributed by atoms with Crippen LogP contribution in [-0.2, 0) is 0 Å². The fourth-order valence-electron chi connectivity index (χ4n) is 2.97. The van der Waals surface area contributed by atoms with E-state index < -0.39 is 5.97 Å². The molecule has 1 aliphatic rings. The summed E-state index contributed by atoms with van der Waals surface area (Å²) in [6.45, 7) is 1.07. The summed E-state index contributed by atoms with van der Waals surface area (Å²) in [6.07, 6.45) is 0. The SMILES string of the molecule is O=C(O)c1cccc(NC(=O)c2ccc(-c3ccc4c(c3)OCCO4)cc2)c1. The average molecular weight is 375 g/mol. The van der Waals surface area contributed by atoms with Gasteiger partial charge in [-0.25, -0.2) is 4.79 Å². The molecule has 3 aromatic rings. The summed E-state index contributed by atoms with van der Waals surface area (Å²) in [6, 6.07) is 19.0. The number of aromatic carboxylic acids is 1. The second kappa shape index (κ2) is 7.44. The molecule has 0 saturated carbocycles. The number of nitrogens with one attached hydrogen (secondary N) is 1. The molecule has 4 rings (SSSR count). The average Bonchev–Trinajstić information content (AvgIpc) is 2.73. The lowest BCUT2D eigenvalue weighted by Crippen LogP contribution is -2.15. The second-order valence-corrected chi connectivity index (χ2v) is 6.28. The van der Waals surface area contributed by atoms with Crippen molar-refractivity contribution in [2.24, 2.45) is 0 Å². The fourth-order valence-corrected chi connectivity index (χ4v) is 2.97. The van der Waals surface area contributed by atoms with Gasteiger partial charge in [0.25, 0.3) is 5.91 Å². The Bertz CT molecular complexity index is 1040. The molecule has 0 aromatic heterocycles. The quantitative estimate of drug-likeness (QED) is 0.718. The van der Waals surface area contributed by atoms with Gasteiger partial charge in [0.1, 0.15) is 13.2 Å². The molecule has 28 heavy (non-hydrogen) atoms. The molecule has 6 heteroatoms. The maximum Gasteiger partial charge on any atom is 0.335 e. The molecule has 0 unspecified atom stereocenters. The number of hydrogen-bond acceptors (Lipinski definition) is 4. The van der Waals surface area contributed by atoms with Gasteiger partial charge in [0.15, 0.2) is 11.5 Å². The summed E-state index contributed by atoms with van der Waals surface area (Å²) in [7, 11) is 0. The van der Waals surface area contributed by atoms with E-state index in [-0.39, 0.29) is 11.5 Å². The van der Waals surface area contributed by atoms with Crippen LogP contribution in [0.1, 0.15) is 20.7 Å². The Morgan fingerprint density at radius 3 is 2.25 bits per heavy atom. The van der Waals surface area contributed by atoms with Gasteiger partial charge in [0.05, 0.1) is 5.56 Å². The van der Waals surface area contributed by atoms with Crippen LogP contribution in [0.2, 0.25) is 0 Å². The number of carbonyl (C=O) groups is 2. The standard InChI is InChI=1S/C22H17NO5/c24-21(23-18-3-1-2-17(12-18)22(25)26)15-6-4-14(5-7-15)16-8-9-19-20(13-16)28-11-10-27-19/h1-9,12-13H,10-11H2,(H,23,24)(H,25,26). The Balaban J connectivity index is 1.51. The van der Waals surface area contributed by atoms with Crippen LogP contribution in [0.25, 0.3) is 11.1 Å². The predicted octanol–water partition coefficient (Wildman–Crippen LogP) is 4.08. The first-order chi connectivity index (χ1) is 13.6. The number of anilines is 1. The topological polar surface area (TPSA) is 84.9 Å². The van der Waals surface area contributed by atoms with Crippen molar-refractivity contribution in [2.45, 2.75) is 0 Å². The number of amides is 1. The molecule has 0 fully saturated rings. The number of rotatable bonds is 4. The van der Waals surface area contributed by atoms with Gasteiger partial charge in [0, 0.05) is 11.3 Å². The highest BCUT2D eigenvalue weighted by atomic mass is 16.6. The first-order valence-electron chi connectivity index (χ1n) is 8.75. The number of carboxylic acids is 1. The summed E-state index contributed by atoms with van der Waals surface area (Å²) in [5.74, 6) is 0.0922. The summed E-state index contributed by atoms with van der Waals surface area (Å²) in [4.78, 5) is 23.5. The van der Waals surface area contributed by atoms with Crippen LogP contribution in [-0.4, -0.2) is 30.2 Å². The van der Waals surface area contributed by atoms with Crippen molar-refractivity contribution < 1.29 is 24.2 Å². The lowest BCUT2D eigenvalue weighted by Gasteiger charge is -2.19. The molecular formula is C22H17NO5. The third-order valence-corrected chi connectivity index (χ3v) is 4.39. The molecular weight excluding hydrogens is 358 g/mol. The molecule has 6 nitrogen and oxygen atoms in total. The zero-order chi connectivity index (χ0) is 19.5. The molecule has 0 bridgehead atoms. The Hall–Kier alpha value is -3.80. The lowest BCUT2D eigenvalue weighted by molar-refractivity contribution is 0.0696. The molecule has 0 spiro atoms. The van der Waals surface area contributed by atoms with Crippen LogP contribution < -0.4 is 14.8 Å². The predicted molar refractivity (Wildman–Crippen MR) is 104 cm³/mol. The summed E-state index contributed by atoms with van der Waals surface area (Å²) in [5.41, 5.74) is 2.93. The number of carbonyl (C=O) groups excluding carboxylic acids is 1. The van der Waals surface area contributed by atoms with E-state index in [2.05, 4.69) is 5.32 Å². The number of hydrogen-bond donors (Lipinski definition) is 2. The molecule has 0 atom stereocenters. The van der Waals surface area contributed by atoms with Gasteiger partial charge in [0.2, 0.25) is 0 Å². The molecule has 1 heterocycles. The van der Waals surface area contributed by atoms with Crippen molar-refractivity contribution in [3.63, 3.8) is 0 Å². The number of carboxylic acid groups (broad SMARTS) is 1. The highest BCUT2D eigenvalue weighted by Gasteiger charge is 2.13. The maximum atomic E-state index is 12.4. The molecule has 1 amide bonds. The van der Waals surface area contributed by atoms with E-state index in [0.29, 0.717) is 30.2 Å². The van der Waals surface area contributed by atoms with Crippen LogP contribution in [0.3, 0.4) is 0 Å². The van der Waals surface area contributed by atoms with Crippen LogP contribution in [0.5, 0.6) is 11.5 Å². The number of fused-ring (bicyclic) bond motifs is 1. The highest BCUT2D eigenvalue weighted by molar-refractivity contribution is 6.05. The largest absolute Gasteiger partial charge is 0.486 e. The van der Waals surface area contributed by atoms with Crippen molar-refractivity contribution in [1.82, 2.24) is 0 Å². The van der Waals surface area contributed by atoms with Crippen LogP contribution >= 0.6 is 0 Å². The normalized spacial score (nSPS) is 12.3. The van der Waals surface area contributed by atoms with E-state index in [0.717, 1.165) is 16.9 Å². The van der Waals surface area contributed by atoms with Gasteiger partial charge in [-0.2, -0.15) is 0 Å². The van der Waals surface area contributed by atoms with Gasteiger partial charge in [-0.05, 0) is 53.6 Å². The van der Waals surface area contributed by atoms with Gasteiger partial charge in [-0.3, -0.25) is 4.79 Å². The van der Waals surface area contributed by atoms with Crippen LogP contribution in [0.4, 0.5) is 5.69 Å². The first kappa shape index (κ1) is 17.6. The molecule has 3 aromatic carbocycles. The molecule has 1 aliphatic heterocycles. The maximum absolute atomic E-state index is 12.4. The summed E-state index contributed by atoms with van der Waals surface area (Å²) < 4.78 is 11.1. The lowest BCUT2D eigenvalue weighted by atomic mass is 10.0. The smallest absolute Gasteiger partial charge is 0.335 e. The van der Waals surface area contributed by atoms with Crippen molar-refractivity contribution in [3.8, 4) is 22.6 Å². The van der Waals surface area contributed by atoms with Gasteiger partial charge in [-0.1, -0.05) is 24.3 Å². The Morgan fingerprint density at radius 1 is 0.786 bits per heavy atom. The summed E-state index contributed by atoms with van der Waals surface area (Å²) in [5, 5.41) is 11.8.